The van der Waals surface area contributed by atoms with Gasteiger partial charge in [0.05, 0.1) is 6.07 Å². The standard InChI is InChI=1S/C11H18N2O/c1-8(2)10-4-5-13(7-10)11(14)9(3)6-12/h8-10H,4-5,7H2,1-3H3. The molecule has 14 heavy (non-hydrogen) atoms. The lowest BCUT2D eigenvalue weighted by Gasteiger charge is -2.18. The fourth-order valence-electron chi connectivity index (χ4n) is 1.86. The predicted molar refractivity (Wildman–Crippen MR) is 54.3 cm³/mol. The minimum atomic E-state index is -0.485. The van der Waals surface area contributed by atoms with Gasteiger partial charge in [-0.05, 0) is 25.2 Å². The van der Waals surface area contributed by atoms with Crippen LogP contribution in [0.5, 0.6) is 0 Å². The third kappa shape index (κ3) is 2.25. The zero-order valence-corrected chi connectivity index (χ0v) is 9.16. The molecule has 2 unspecified atom stereocenters. The molecular weight excluding hydrogens is 176 g/mol. The van der Waals surface area contributed by atoms with Crippen LogP contribution in [0.1, 0.15) is 27.2 Å². The summed E-state index contributed by atoms with van der Waals surface area (Å²) < 4.78 is 0. The van der Waals surface area contributed by atoms with E-state index in [9.17, 15) is 4.79 Å². The third-order valence-corrected chi connectivity index (χ3v) is 3.04. The van der Waals surface area contributed by atoms with Crippen molar-refractivity contribution in [3.05, 3.63) is 0 Å². The minimum absolute atomic E-state index is 0.00403. The second kappa shape index (κ2) is 4.45. The summed E-state index contributed by atoms with van der Waals surface area (Å²) in [6, 6.07) is 1.99. The van der Waals surface area contributed by atoms with Crippen LogP contribution in [0.15, 0.2) is 0 Å². The molecule has 1 amide bonds. The van der Waals surface area contributed by atoms with Crippen LogP contribution in [0.25, 0.3) is 0 Å². The van der Waals surface area contributed by atoms with Crippen LogP contribution in [0.2, 0.25) is 0 Å². The Hall–Kier alpha value is -1.04. The highest BCUT2D eigenvalue weighted by Crippen LogP contribution is 2.24. The second-order valence-corrected chi connectivity index (χ2v) is 4.43. The van der Waals surface area contributed by atoms with Gasteiger partial charge in [0.15, 0.2) is 0 Å². The second-order valence-electron chi connectivity index (χ2n) is 4.43. The molecule has 0 N–H and O–H groups in total. The van der Waals surface area contributed by atoms with E-state index in [2.05, 4.69) is 13.8 Å². The summed E-state index contributed by atoms with van der Waals surface area (Å²) in [6.07, 6.45) is 1.08. The minimum Gasteiger partial charge on any atom is -0.341 e. The van der Waals surface area contributed by atoms with Gasteiger partial charge in [-0.25, -0.2) is 0 Å². The number of rotatable bonds is 2. The summed E-state index contributed by atoms with van der Waals surface area (Å²) in [5.74, 6) is 0.756. The fourth-order valence-corrected chi connectivity index (χ4v) is 1.86. The van der Waals surface area contributed by atoms with Crippen LogP contribution in [0, 0.1) is 29.1 Å². The molecule has 1 aliphatic heterocycles. The van der Waals surface area contributed by atoms with E-state index in [4.69, 9.17) is 5.26 Å². The maximum Gasteiger partial charge on any atom is 0.239 e. The number of likely N-dealkylation sites (tertiary alicyclic amines) is 1. The number of nitrogens with zero attached hydrogens (tertiary/aromatic N) is 2. The smallest absolute Gasteiger partial charge is 0.239 e. The van der Waals surface area contributed by atoms with E-state index in [0.717, 1.165) is 19.5 Å². The zero-order valence-electron chi connectivity index (χ0n) is 9.16. The Morgan fingerprint density at radius 3 is 2.57 bits per heavy atom. The monoisotopic (exact) mass is 194 g/mol. The van der Waals surface area contributed by atoms with Crippen molar-refractivity contribution in [3.63, 3.8) is 0 Å². The lowest BCUT2D eigenvalue weighted by Crippen LogP contribution is -2.33. The molecule has 2 atom stereocenters. The van der Waals surface area contributed by atoms with Crippen LogP contribution in [-0.2, 0) is 4.79 Å². The van der Waals surface area contributed by atoms with E-state index in [1.54, 1.807) is 6.92 Å². The normalized spacial score (nSPS) is 23.6. The summed E-state index contributed by atoms with van der Waals surface area (Å²) in [5, 5.41) is 8.64. The number of hydrogen-bond acceptors (Lipinski definition) is 2. The van der Waals surface area contributed by atoms with Gasteiger partial charge in [-0.3, -0.25) is 4.79 Å². The molecule has 0 aromatic heterocycles. The van der Waals surface area contributed by atoms with Crippen molar-refractivity contribution in [2.45, 2.75) is 27.2 Å². The number of hydrogen-bond donors (Lipinski definition) is 0. The van der Waals surface area contributed by atoms with Crippen LogP contribution in [0.4, 0.5) is 0 Å². The van der Waals surface area contributed by atoms with Gasteiger partial charge >= 0.3 is 0 Å². The zero-order chi connectivity index (χ0) is 10.7. The Labute approximate surface area is 85.7 Å². The van der Waals surface area contributed by atoms with Crippen molar-refractivity contribution in [1.29, 1.82) is 5.26 Å². The molecule has 1 aliphatic rings. The Morgan fingerprint density at radius 2 is 2.14 bits per heavy atom. The Kier molecular flexibility index (Phi) is 3.51. The van der Waals surface area contributed by atoms with E-state index in [0.29, 0.717) is 11.8 Å². The summed E-state index contributed by atoms with van der Waals surface area (Å²) in [7, 11) is 0. The van der Waals surface area contributed by atoms with Crippen LogP contribution in [0.3, 0.4) is 0 Å². The van der Waals surface area contributed by atoms with Gasteiger partial charge in [-0.2, -0.15) is 5.26 Å². The summed E-state index contributed by atoms with van der Waals surface area (Å²) in [4.78, 5) is 13.5. The number of amides is 1. The SMILES string of the molecule is CC(C#N)C(=O)N1CCC(C(C)C)C1. The van der Waals surface area contributed by atoms with Crippen molar-refractivity contribution >= 4 is 5.91 Å². The fraction of sp³-hybridized carbons (Fsp3) is 0.818. The molecule has 1 heterocycles. The van der Waals surface area contributed by atoms with Crippen LogP contribution < -0.4 is 0 Å². The first-order valence-corrected chi connectivity index (χ1v) is 5.24. The van der Waals surface area contributed by atoms with Gasteiger partial charge in [-0.1, -0.05) is 13.8 Å². The Balaban J connectivity index is 2.51. The molecule has 3 heteroatoms. The summed E-state index contributed by atoms with van der Waals surface area (Å²) in [6.45, 7) is 7.71. The van der Waals surface area contributed by atoms with Crippen molar-refractivity contribution in [2.24, 2.45) is 17.8 Å². The van der Waals surface area contributed by atoms with Crippen LogP contribution in [-0.4, -0.2) is 23.9 Å². The van der Waals surface area contributed by atoms with E-state index in [-0.39, 0.29) is 5.91 Å². The lowest BCUT2D eigenvalue weighted by molar-refractivity contribution is -0.132. The highest BCUT2D eigenvalue weighted by molar-refractivity contribution is 5.81. The maximum absolute atomic E-state index is 11.6. The van der Waals surface area contributed by atoms with Crippen molar-refractivity contribution in [3.8, 4) is 6.07 Å². The average molecular weight is 194 g/mol. The quantitative estimate of drug-likeness (QED) is 0.671. The first-order chi connectivity index (χ1) is 6.56. The molecule has 1 saturated heterocycles. The summed E-state index contributed by atoms with van der Waals surface area (Å²) in [5.41, 5.74) is 0. The van der Waals surface area contributed by atoms with Gasteiger partial charge in [0, 0.05) is 13.1 Å². The summed E-state index contributed by atoms with van der Waals surface area (Å²) >= 11 is 0. The topological polar surface area (TPSA) is 44.1 Å². The molecule has 1 rings (SSSR count). The third-order valence-electron chi connectivity index (χ3n) is 3.04. The van der Waals surface area contributed by atoms with Gasteiger partial charge in [0.1, 0.15) is 5.92 Å². The van der Waals surface area contributed by atoms with Crippen LogP contribution >= 0.6 is 0 Å². The molecule has 0 aromatic carbocycles. The van der Waals surface area contributed by atoms with Gasteiger partial charge in [0.25, 0.3) is 0 Å². The van der Waals surface area contributed by atoms with Gasteiger partial charge in [0.2, 0.25) is 5.91 Å². The lowest BCUT2D eigenvalue weighted by atomic mass is 9.95. The highest BCUT2D eigenvalue weighted by Gasteiger charge is 2.30. The first kappa shape index (κ1) is 11.0. The molecule has 78 valence electrons. The molecule has 0 bridgehead atoms. The maximum atomic E-state index is 11.6. The molecule has 0 saturated carbocycles. The van der Waals surface area contributed by atoms with Gasteiger partial charge in [-0.15, -0.1) is 0 Å². The average Bonchev–Trinajstić information content (AvgIpc) is 2.64. The van der Waals surface area contributed by atoms with E-state index < -0.39 is 5.92 Å². The molecule has 3 nitrogen and oxygen atoms in total. The van der Waals surface area contributed by atoms with E-state index in [1.807, 2.05) is 11.0 Å². The molecular formula is C11H18N2O. The van der Waals surface area contributed by atoms with E-state index >= 15 is 0 Å². The molecule has 0 aromatic rings. The number of carbonyl (C=O) groups is 1. The highest BCUT2D eigenvalue weighted by atomic mass is 16.2. The molecule has 1 fully saturated rings. The largest absolute Gasteiger partial charge is 0.341 e. The van der Waals surface area contributed by atoms with Crippen molar-refractivity contribution in [2.75, 3.05) is 13.1 Å². The van der Waals surface area contributed by atoms with Gasteiger partial charge < -0.3 is 4.90 Å². The van der Waals surface area contributed by atoms with Crippen molar-refractivity contribution < 1.29 is 4.79 Å². The molecule has 0 radical (unpaired) electrons. The first-order valence-electron chi connectivity index (χ1n) is 5.24. The molecule has 0 aliphatic carbocycles. The Morgan fingerprint density at radius 1 is 1.50 bits per heavy atom. The Bertz CT molecular complexity index is 255. The van der Waals surface area contributed by atoms with Crippen molar-refractivity contribution in [1.82, 2.24) is 4.90 Å². The molecule has 0 spiro atoms. The van der Waals surface area contributed by atoms with E-state index in [1.165, 1.54) is 0 Å². The number of nitriles is 1. The number of carbonyl (C=O) groups excluding carboxylic acids is 1. The predicted octanol–water partition coefficient (Wildman–Crippen LogP) is 1.65.